The number of ether oxygens (including phenoxy) is 8. The lowest BCUT2D eigenvalue weighted by Gasteiger charge is -2.37. The number of nitrogens with zero attached hydrogens (tertiary/aromatic N) is 7. The van der Waals surface area contributed by atoms with Crippen molar-refractivity contribution in [3.05, 3.63) is 147 Å². The lowest BCUT2D eigenvalue weighted by Crippen LogP contribution is -2.42. The average Bonchev–Trinajstić information content (AvgIpc) is 1.62. The number of aliphatic hydroxyl groups excluding tert-OH is 1. The highest BCUT2D eigenvalue weighted by Crippen LogP contribution is 2.56. The highest BCUT2D eigenvalue weighted by atomic mass is 32.7. The zero-order chi connectivity index (χ0) is 87.8. The van der Waals surface area contributed by atoms with Gasteiger partial charge in [-0.25, -0.2) is 24.2 Å². The summed E-state index contributed by atoms with van der Waals surface area (Å²) in [5.74, 6) is -0.285. The van der Waals surface area contributed by atoms with E-state index in [2.05, 4.69) is 34.9 Å². The van der Waals surface area contributed by atoms with Gasteiger partial charge < -0.3 is 140 Å². The van der Waals surface area contributed by atoms with Crippen molar-refractivity contribution in [1.29, 1.82) is 0 Å². The molecule has 6 aromatic rings. The molecular formula is C59H79N13O36P6S6-6. The Morgan fingerprint density at radius 3 is 1.24 bits per heavy atom. The molecule has 0 aromatic carbocycles. The summed E-state index contributed by atoms with van der Waals surface area (Å²) in [4.78, 5) is 207. The zero-order valence-corrected chi connectivity index (χ0v) is 74.3. The van der Waals surface area contributed by atoms with E-state index < -0.39 is 254 Å². The standard InChI is InChI=1S/C59H85N13O36P6S6/c1-25(2)103-110(84,116)93-19-33-31(14-38(99-33)72-24-61-39-46(72)62-55(60)63-51(39)78)105-111(85,117)94-20-32-30(13-37(98-32)68-15-26(3)47(74)64-56(68)79)104-112(86,118)95-21-34-41(44(90-8)53(100-34)70-17-28(5)49(76)66-58(70)81)107-114(88,120)97-23-36-42(45(91-9)54(102-36)71-18-29(6)50(77)67-59(71)82)108-113(87,119)96-22-35-40(106-109(83,115)92-12-10-11-73)43(89-7)52(101-35)69-16-27(4)48(75)65-57(69)80/h15-18,24-25,30-38,40-45,52-54,73H,10-14,19-23H2,1-9H3,(H,83,115)(H,84,116)(H,85,117)(H,86,118)(H,87,119)(H,88,120)(H,64,74,79)(H,65,75,80)(H,66,76,81)(H,67,77,82)(H3,60,62,63,78)/p-6/t30?,31?,32-,33-,34-,35-,36-,37-,38-,40?,41?,42?,43+,44+,45+,52-,53-,54-,109?,110?,111?,112?,113?,114?/m1/s1. The van der Waals surface area contributed by atoms with E-state index in [4.69, 9.17) is 169 Å². The molecule has 0 bridgehead atoms. The lowest BCUT2D eigenvalue weighted by molar-refractivity contribution is -0.223. The van der Waals surface area contributed by atoms with Gasteiger partial charge in [0, 0.05) is 87.8 Å². The Bertz CT molecular complexity index is 5640. The molecule has 5 fully saturated rings. The minimum Gasteiger partial charge on any atom is -0.780 e. The number of hydrogen-bond donors (Lipinski definition) is 7. The van der Waals surface area contributed by atoms with Crippen molar-refractivity contribution in [2.75, 3.05) is 73.3 Å². The van der Waals surface area contributed by atoms with Gasteiger partial charge in [-0.05, 0) is 48.0 Å². The first-order chi connectivity index (χ1) is 56.2. The summed E-state index contributed by atoms with van der Waals surface area (Å²) >= 11 is 32.0. The van der Waals surface area contributed by atoms with Crippen LogP contribution in [0, 0.1) is 27.7 Å². The second-order valence-electron chi connectivity index (χ2n) is 27.4. The molecule has 0 saturated carbocycles. The summed E-state index contributed by atoms with van der Waals surface area (Å²) in [6.45, 7) is -25.9. The molecule has 24 atom stereocenters. The molecule has 120 heavy (non-hydrogen) atoms. The Hall–Kier alpha value is -4.34. The summed E-state index contributed by atoms with van der Waals surface area (Å²) in [5, 5.41) is 9.36. The maximum Gasteiger partial charge on any atom is 0.330 e. The summed E-state index contributed by atoms with van der Waals surface area (Å²) in [7, 11) is 3.31. The quantitative estimate of drug-likeness (QED) is 0.0109. The number of aliphatic hydroxyl groups is 1. The number of aromatic amines is 5. The van der Waals surface area contributed by atoms with Crippen LogP contribution in [0.5, 0.6) is 0 Å². The van der Waals surface area contributed by atoms with Gasteiger partial charge in [0.2, 0.25) is 5.95 Å². The number of aryl methyl sites for hydroxylation is 4. The van der Waals surface area contributed by atoms with Crippen LogP contribution in [0.4, 0.5) is 5.95 Å². The Morgan fingerprint density at radius 1 is 0.492 bits per heavy atom. The van der Waals surface area contributed by atoms with Crippen LogP contribution < -0.4 is 80.8 Å². The van der Waals surface area contributed by atoms with Crippen molar-refractivity contribution in [1.82, 2.24) is 57.7 Å². The Labute approximate surface area is 706 Å². The molecule has 5 saturated heterocycles. The van der Waals surface area contributed by atoms with Crippen molar-refractivity contribution >= 4 is 129 Å². The van der Waals surface area contributed by atoms with Crippen molar-refractivity contribution in [3.63, 3.8) is 0 Å². The van der Waals surface area contributed by atoms with Gasteiger partial charge in [0.05, 0.1) is 64.3 Å². The predicted molar refractivity (Wildman–Crippen MR) is 422 cm³/mol. The van der Waals surface area contributed by atoms with Crippen LogP contribution in [0.2, 0.25) is 0 Å². The van der Waals surface area contributed by atoms with E-state index in [1.54, 1.807) is 13.8 Å². The number of nitrogen functional groups attached to an aromatic ring is 1. The average molecular weight is 1920 g/mol. The minimum absolute atomic E-state index is 0.0138. The third-order valence-electron chi connectivity index (χ3n) is 18.7. The molecular weight excluding hydrogens is 1840 g/mol. The molecule has 11 unspecified atom stereocenters. The maximum absolute atomic E-state index is 15.0. The van der Waals surface area contributed by atoms with Gasteiger partial charge in [-0.1, -0.05) is 59.0 Å². The summed E-state index contributed by atoms with van der Waals surface area (Å²) in [5.41, 5.74) is -2.49. The summed E-state index contributed by atoms with van der Waals surface area (Å²) in [6, 6.07) is 0. The second-order valence-corrected chi connectivity index (χ2v) is 43.7. The van der Waals surface area contributed by atoms with Crippen LogP contribution in [-0.4, -0.2) is 216 Å². The normalized spacial score (nSPS) is 29.5. The Balaban J connectivity index is 0.837. The first kappa shape index (κ1) is 96.3. The Kier molecular flexibility index (Phi) is 31.7. The highest BCUT2D eigenvalue weighted by Gasteiger charge is 2.54. The van der Waals surface area contributed by atoms with E-state index in [1.807, 2.05) is 0 Å². The largest absolute Gasteiger partial charge is 0.780 e. The number of anilines is 1. The van der Waals surface area contributed by atoms with E-state index in [9.17, 15) is 72.4 Å². The second kappa shape index (κ2) is 39.5. The fourth-order valence-electron chi connectivity index (χ4n) is 13.2. The van der Waals surface area contributed by atoms with E-state index in [-0.39, 0.29) is 58.8 Å². The monoisotopic (exact) mass is 1920 g/mol. The van der Waals surface area contributed by atoms with Gasteiger partial charge in [-0.15, -0.1) is 0 Å². The molecule has 5 aliphatic rings. The predicted octanol–water partition coefficient (Wildman–Crippen LogP) is -4.14. The van der Waals surface area contributed by atoms with Crippen LogP contribution >= 0.6 is 40.4 Å². The molecule has 0 amide bonds. The molecule has 8 N–H and O–H groups in total. The fourth-order valence-corrected chi connectivity index (χ4v) is 22.0. The molecule has 0 radical (unpaired) electrons. The number of rotatable bonds is 39. The number of hydrogen-bond acceptors (Lipinski definition) is 45. The van der Waals surface area contributed by atoms with Crippen molar-refractivity contribution in [3.8, 4) is 0 Å². The first-order valence-corrected chi connectivity index (χ1v) is 50.9. The molecule has 11 rings (SSSR count). The van der Waals surface area contributed by atoms with E-state index in [0.717, 1.165) is 64.4 Å². The number of nitrogens with two attached hydrogens (primary N) is 1. The molecule has 61 heteroatoms. The molecule has 49 nitrogen and oxygen atoms in total. The topological polar surface area (TPSA) is 646 Å². The van der Waals surface area contributed by atoms with E-state index in [1.165, 1.54) is 38.6 Å². The smallest absolute Gasteiger partial charge is 0.330 e. The first-order valence-electron chi connectivity index (χ1n) is 35.5. The van der Waals surface area contributed by atoms with Crippen LogP contribution in [0.3, 0.4) is 0 Å². The van der Waals surface area contributed by atoms with Crippen molar-refractivity contribution in [2.24, 2.45) is 0 Å². The number of imidazole rings is 1. The number of H-pyrrole nitrogens is 5. The maximum atomic E-state index is 15.0. The van der Waals surface area contributed by atoms with Crippen molar-refractivity contribution in [2.45, 2.75) is 177 Å². The van der Waals surface area contributed by atoms with Gasteiger partial charge in [0.15, 0.2) is 36.6 Å². The number of methoxy groups -OCH3 is 3. The fraction of sp³-hybridized carbons (Fsp3) is 0.644. The molecule has 6 aromatic heterocycles. The van der Waals surface area contributed by atoms with Gasteiger partial charge >= 0.3 is 22.8 Å². The lowest BCUT2D eigenvalue weighted by atomic mass is 10.1. The van der Waals surface area contributed by atoms with Gasteiger partial charge in [0.25, 0.3) is 27.8 Å². The van der Waals surface area contributed by atoms with Crippen molar-refractivity contribution < 1.29 is 126 Å². The van der Waals surface area contributed by atoms with Crippen LogP contribution in [0.25, 0.3) is 11.2 Å². The molecule has 0 aliphatic carbocycles. The van der Waals surface area contributed by atoms with Gasteiger partial charge in [0.1, 0.15) is 113 Å². The van der Waals surface area contributed by atoms with Crippen LogP contribution in [0.15, 0.2) is 74.3 Å². The third kappa shape index (κ3) is 23.3. The van der Waals surface area contributed by atoms with Gasteiger partial charge in [-0.2, -0.15) is 4.98 Å². The van der Waals surface area contributed by atoms with Gasteiger partial charge in [-0.3, -0.25) is 76.3 Å². The molecule has 5 aliphatic heterocycles. The van der Waals surface area contributed by atoms with E-state index in [0.29, 0.717) is 0 Å². The minimum atomic E-state index is -5.22. The SMILES string of the molecule is CO[C@H]1C(OP([O-])(=S)OC[C@H]2O[C@@H](n3cc(C)c(=O)[nH]c3=O)[C@@H](OC)C2OP([O-])(=S)OC[C@H]2O[C@@H](n3cc(C)c(=O)[nH]c3=O)[C@@H](OC)C2OP([O-])(=S)OCCCO)[C@@H](COP(=O)([S-])OC2C[C@H](n3cc(C)c(=O)[nH]c3=O)O[C@@H]2COP([O-])(=S)OC2C[C@H](n3cnc4c(=O)[nH]c(N)nc43)O[C@@H]2COP([O-])(=S)OC(C)C)O[C@H]1n1cc(C)c(=O)[nH]c1=O. The third-order valence-corrected chi connectivity index (χ3v) is 28.2. The highest BCUT2D eigenvalue weighted by molar-refractivity contribution is 8.32. The zero-order valence-electron chi connectivity index (χ0n) is 64.0. The molecule has 668 valence electrons. The van der Waals surface area contributed by atoms with E-state index >= 15 is 4.89 Å². The number of nitrogens with one attached hydrogen (secondary N) is 5. The van der Waals surface area contributed by atoms with Crippen LogP contribution in [0.1, 0.15) is 86.5 Å². The number of fused-ring (bicyclic) bond motifs is 1. The molecule has 11 heterocycles. The summed E-state index contributed by atoms with van der Waals surface area (Å²) in [6.07, 6.45) is -24.7. The summed E-state index contributed by atoms with van der Waals surface area (Å²) < 4.78 is 137. The van der Waals surface area contributed by atoms with Crippen LogP contribution in [-0.2, 0) is 168 Å². The number of aromatic nitrogens is 12. The Morgan fingerprint density at radius 2 is 0.842 bits per heavy atom. The molecule has 0 spiro atoms.